The third kappa shape index (κ3) is 9.58. The third-order valence-electron chi connectivity index (χ3n) is 5.82. The number of ether oxygens (including phenoxy) is 3. The van der Waals surface area contributed by atoms with Crippen LogP contribution in [-0.2, 0) is 28.6 Å². The van der Waals surface area contributed by atoms with Crippen LogP contribution >= 0.6 is 0 Å². The molecule has 0 spiro atoms. The van der Waals surface area contributed by atoms with Gasteiger partial charge in [-0.1, -0.05) is 31.2 Å². The summed E-state index contributed by atoms with van der Waals surface area (Å²) in [6.45, 7) is 6.58. The number of amidine groups is 1. The molecule has 0 saturated carbocycles. The zero-order chi connectivity index (χ0) is 28.5. The van der Waals surface area contributed by atoms with Gasteiger partial charge in [0, 0.05) is 36.6 Å². The second kappa shape index (κ2) is 13.7. The van der Waals surface area contributed by atoms with Crippen molar-refractivity contribution in [3.8, 4) is 0 Å². The van der Waals surface area contributed by atoms with Crippen molar-refractivity contribution in [2.75, 3.05) is 26.5 Å². The number of nitrogens with zero attached hydrogens (tertiary/aromatic N) is 1. The molecule has 2 amide bonds. The summed E-state index contributed by atoms with van der Waals surface area (Å²) in [7, 11) is 0. The summed E-state index contributed by atoms with van der Waals surface area (Å²) in [6, 6.07) is 5.99. The minimum Gasteiger partial charge on any atom is -0.480 e. The SMILES string of the molecule is CC(CC(=O)c1ccc(C(=N)NC(=O)OCOC(=O)C(C)(C)C)cc1)C(=O)N1CCC(OCC(=O)O)CC1. The van der Waals surface area contributed by atoms with Crippen molar-refractivity contribution in [3.05, 3.63) is 35.4 Å². The van der Waals surface area contributed by atoms with Crippen LogP contribution in [0.1, 0.15) is 62.9 Å². The molecule has 1 aromatic carbocycles. The molecule has 0 aliphatic carbocycles. The molecule has 1 heterocycles. The lowest BCUT2D eigenvalue weighted by atomic mass is 9.96. The van der Waals surface area contributed by atoms with Crippen LogP contribution in [0.15, 0.2) is 24.3 Å². The number of hydrogen-bond donors (Lipinski definition) is 3. The molecule has 1 aliphatic rings. The highest BCUT2D eigenvalue weighted by atomic mass is 16.7. The summed E-state index contributed by atoms with van der Waals surface area (Å²) in [5, 5.41) is 18.9. The van der Waals surface area contributed by atoms with Crippen molar-refractivity contribution in [3.63, 3.8) is 0 Å². The van der Waals surface area contributed by atoms with Crippen LogP contribution in [0.5, 0.6) is 0 Å². The van der Waals surface area contributed by atoms with E-state index in [0.717, 1.165) is 0 Å². The molecule has 0 bridgehead atoms. The number of Topliss-reactive ketones (excluding diaryl/α,β-unsaturated/α-hetero) is 1. The van der Waals surface area contributed by atoms with E-state index < -0.39 is 36.2 Å². The number of benzene rings is 1. The van der Waals surface area contributed by atoms with E-state index in [0.29, 0.717) is 37.1 Å². The van der Waals surface area contributed by atoms with E-state index >= 15 is 0 Å². The molecule has 208 valence electrons. The number of carbonyl (C=O) groups is 5. The maximum absolute atomic E-state index is 12.8. The van der Waals surface area contributed by atoms with Gasteiger partial charge in [-0.05, 0) is 33.6 Å². The van der Waals surface area contributed by atoms with Gasteiger partial charge in [0.2, 0.25) is 12.7 Å². The summed E-state index contributed by atoms with van der Waals surface area (Å²) in [4.78, 5) is 61.3. The highest BCUT2D eigenvalue weighted by Crippen LogP contribution is 2.19. The average Bonchev–Trinajstić information content (AvgIpc) is 2.86. The Balaban J connectivity index is 1.79. The van der Waals surface area contributed by atoms with E-state index in [2.05, 4.69) is 5.32 Å². The van der Waals surface area contributed by atoms with Gasteiger partial charge in [-0.3, -0.25) is 25.1 Å². The van der Waals surface area contributed by atoms with E-state index in [-0.39, 0.29) is 36.7 Å². The summed E-state index contributed by atoms with van der Waals surface area (Å²) in [5.41, 5.74) is -0.0607. The number of hydrogen-bond acceptors (Lipinski definition) is 9. The van der Waals surface area contributed by atoms with Crippen LogP contribution in [0.25, 0.3) is 0 Å². The smallest absolute Gasteiger partial charge is 0.415 e. The molecule has 1 unspecified atom stereocenters. The van der Waals surface area contributed by atoms with Gasteiger partial charge in [-0.2, -0.15) is 0 Å². The second-order valence-corrected chi connectivity index (χ2v) is 10.1. The first-order chi connectivity index (χ1) is 17.8. The van der Waals surface area contributed by atoms with E-state index in [1.165, 1.54) is 24.3 Å². The zero-order valence-electron chi connectivity index (χ0n) is 22.1. The second-order valence-electron chi connectivity index (χ2n) is 10.1. The lowest BCUT2D eigenvalue weighted by Crippen LogP contribution is -2.43. The molecule has 1 aliphatic heterocycles. The van der Waals surface area contributed by atoms with Crippen LogP contribution in [0.2, 0.25) is 0 Å². The van der Waals surface area contributed by atoms with Crippen LogP contribution < -0.4 is 5.32 Å². The number of rotatable bonds is 10. The minimum atomic E-state index is -1.03. The number of ketones is 1. The van der Waals surface area contributed by atoms with Crippen LogP contribution in [0.4, 0.5) is 4.79 Å². The molecule has 0 radical (unpaired) electrons. The average molecular weight is 534 g/mol. The maximum Gasteiger partial charge on any atom is 0.415 e. The quantitative estimate of drug-likeness (QED) is 0.134. The molecule has 1 aromatic rings. The molecule has 2 rings (SSSR count). The molecular weight excluding hydrogens is 498 g/mol. The number of likely N-dealkylation sites (tertiary alicyclic amines) is 1. The fraction of sp³-hybridized carbons (Fsp3) is 0.538. The third-order valence-corrected chi connectivity index (χ3v) is 5.82. The monoisotopic (exact) mass is 533 g/mol. The Hall–Kier alpha value is -3.80. The minimum absolute atomic E-state index is 0.00291. The molecule has 38 heavy (non-hydrogen) atoms. The number of alkyl carbamates (subject to hydrolysis) is 1. The Bertz CT molecular complexity index is 1040. The molecule has 0 aromatic heterocycles. The number of esters is 1. The first-order valence-corrected chi connectivity index (χ1v) is 12.2. The summed E-state index contributed by atoms with van der Waals surface area (Å²) in [6.07, 6.45) is -0.0930. The fourth-order valence-corrected chi connectivity index (χ4v) is 3.61. The van der Waals surface area contributed by atoms with Crippen LogP contribution in [-0.4, -0.2) is 78.2 Å². The van der Waals surface area contributed by atoms with Gasteiger partial charge in [0.25, 0.3) is 0 Å². The topological polar surface area (TPSA) is 172 Å². The van der Waals surface area contributed by atoms with Crippen molar-refractivity contribution in [1.29, 1.82) is 5.41 Å². The molecule has 1 fully saturated rings. The molecule has 12 nitrogen and oxygen atoms in total. The fourth-order valence-electron chi connectivity index (χ4n) is 3.61. The number of carboxylic acid groups (broad SMARTS) is 1. The van der Waals surface area contributed by atoms with Gasteiger partial charge in [-0.25, -0.2) is 9.59 Å². The van der Waals surface area contributed by atoms with Gasteiger partial charge < -0.3 is 24.2 Å². The predicted octanol–water partition coefficient (Wildman–Crippen LogP) is 2.59. The lowest BCUT2D eigenvalue weighted by Gasteiger charge is -2.33. The number of carbonyl (C=O) groups excluding carboxylic acids is 4. The summed E-state index contributed by atoms with van der Waals surface area (Å²) < 4.78 is 14.9. The number of piperidine rings is 1. The molecular formula is C26H35N3O9. The standard InChI is InChI=1S/C26H35N3O9/c1-16(23(33)29-11-9-19(10-12-29)36-14-21(31)32)13-20(30)17-5-7-18(8-6-17)22(27)28-25(35)38-15-37-24(34)26(2,3)4/h5-8,16,19H,9-15H2,1-4H3,(H,31,32)(H2,27,28,35). The number of amides is 2. The Labute approximate surface area is 221 Å². The van der Waals surface area contributed by atoms with E-state index in [1.54, 1.807) is 32.6 Å². The number of carboxylic acids is 1. The molecule has 1 atom stereocenters. The van der Waals surface area contributed by atoms with Gasteiger partial charge in [-0.15, -0.1) is 0 Å². The summed E-state index contributed by atoms with van der Waals surface area (Å²) >= 11 is 0. The summed E-state index contributed by atoms with van der Waals surface area (Å²) in [5.74, 6) is -2.77. The van der Waals surface area contributed by atoms with Crippen molar-refractivity contribution in [1.82, 2.24) is 10.2 Å². The first-order valence-electron chi connectivity index (χ1n) is 12.2. The molecule has 1 saturated heterocycles. The Kier molecular flexibility index (Phi) is 10.9. The normalized spacial score (nSPS) is 14.8. The predicted molar refractivity (Wildman–Crippen MR) is 135 cm³/mol. The van der Waals surface area contributed by atoms with Gasteiger partial charge in [0.1, 0.15) is 12.4 Å². The van der Waals surface area contributed by atoms with Gasteiger partial charge in [0.15, 0.2) is 5.78 Å². The van der Waals surface area contributed by atoms with Crippen LogP contribution in [0.3, 0.4) is 0 Å². The first kappa shape index (κ1) is 30.4. The number of nitrogens with one attached hydrogen (secondary N) is 2. The molecule has 12 heteroatoms. The Morgan fingerprint density at radius 2 is 1.63 bits per heavy atom. The van der Waals surface area contributed by atoms with E-state index in [9.17, 15) is 24.0 Å². The lowest BCUT2D eigenvalue weighted by molar-refractivity contribution is -0.161. The Morgan fingerprint density at radius 1 is 1.05 bits per heavy atom. The van der Waals surface area contributed by atoms with Crippen LogP contribution in [0, 0.1) is 16.7 Å². The maximum atomic E-state index is 12.8. The molecule has 3 N–H and O–H groups in total. The van der Waals surface area contributed by atoms with Crippen molar-refractivity contribution in [2.24, 2.45) is 11.3 Å². The van der Waals surface area contributed by atoms with Gasteiger partial charge >= 0.3 is 18.0 Å². The van der Waals surface area contributed by atoms with Gasteiger partial charge in [0.05, 0.1) is 11.5 Å². The van der Waals surface area contributed by atoms with Crippen molar-refractivity contribution < 1.29 is 43.3 Å². The van der Waals surface area contributed by atoms with Crippen molar-refractivity contribution in [2.45, 2.75) is 53.1 Å². The Morgan fingerprint density at radius 3 is 2.18 bits per heavy atom. The highest BCUT2D eigenvalue weighted by Gasteiger charge is 2.28. The zero-order valence-corrected chi connectivity index (χ0v) is 22.1. The largest absolute Gasteiger partial charge is 0.480 e. The van der Waals surface area contributed by atoms with E-state index in [1.807, 2.05) is 0 Å². The van der Waals surface area contributed by atoms with Crippen molar-refractivity contribution >= 4 is 35.6 Å². The number of aliphatic carboxylic acids is 1. The van der Waals surface area contributed by atoms with E-state index in [4.69, 9.17) is 24.7 Å². The highest BCUT2D eigenvalue weighted by molar-refractivity contribution is 6.05.